The minimum absolute atomic E-state index is 0.108. The van der Waals surface area contributed by atoms with E-state index in [2.05, 4.69) is 16.5 Å². The molecule has 0 aliphatic heterocycles. The number of aryl methyl sites for hydroxylation is 1. The van der Waals surface area contributed by atoms with Crippen molar-refractivity contribution in [1.82, 2.24) is 9.97 Å². The fourth-order valence-corrected chi connectivity index (χ4v) is 3.28. The lowest BCUT2D eigenvalue weighted by molar-refractivity contribution is -0.145. The van der Waals surface area contributed by atoms with Gasteiger partial charge in [0.05, 0.1) is 18.5 Å². The lowest BCUT2D eigenvalue weighted by Gasteiger charge is -2.11. The van der Waals surface area contributed by atoms with Gasteiger partial charge in [-0.15, -0.1) is 6.58 Å². The highest BCUT2D eigenvalue weighted by Gasteiger charge is 2.08. The molecule has 0 saturated carbocycles. The lowest BCUT2D eigenvalue weighted by Crippen LogP contribution is -2.12. The molecule has 0 fully saturated rings. The maximum absolute atomic E-state index is 11.9. The highest BCUT2D eigenvalue weighted by molar-refractivity contribution is 5.83. The minimum Gasteiger partial charge on any atom is -0.463 e. The van der Waals surface area contributed by atoms with Crippen molar-refractivity contribution in [3.63, 3.8) is 0 Å². The molecule has 1 aromatic carbocycles. The molecule has 0 N–H and O–H groups in total. The highest BCUT2D eigenvalue weighted by Crippen LogP contribution is 2.18. The van der Waals surface area contributed by atoms with E-state index in [1.165, 1.54) is 38.2 Å². The topological polar surface area (TPSA) is 78.4 Å². The SMILES string of the molecule is C=CCCCCCCC=CC(=O)Oc1cnc(-c2ccc(CCC(C)OC(C)=O)cc2)nc1. The van der Waals surface area contributed by atoms with Crippen LogP contribution in [0.5, 0.6) is 5.75 Å². The summed E-state index contributed by atoms with van der Waals surface area (Å²) in [5.74, 6) is 0.187. The second-order valence-electron chi connectivity index (χ2n) is 8.00. The summed E-state index contributed by atoms with van der Waals surface area (Å²) in [5, 5.41) is 0. The van der Waals surface area contributed by atoms with Gasteiger partial charge in [0.15, 0.2) is 11.6 Å². The zero-order valence-corrected chi connectivity index (χ0v) is 19.7. The van der Waals surface area contributed by atoms with Crippen molar-refractivity contribution >= 4 is 11.9 Å². The van der Waals surface area contributed by atoms with E-state index in [4.69, 9.17) is 9.47 Å². The van der Waals surface area contributed by atoms with Gasteiger partial charge in [0.25, 0.3) is 0 Å². The van der Waals surface area contributed by atoms with Crippen LogP contribution in [-0.2, 0) is 20.7 Å². The monoisotopic (exact) mass is 450 g/mol. The first-order chi connectivity index (χ1) is 16.0. The van der Waals surface area contributed by atoms with E-state index in [1.54, 1.807) is 0 Å². The Balaban J connectivity index is 1.76. The van der Waals surface area contributed by atoms with Crippen LogP contribution < -0.4 is 4.74 Å². The number of unbranched alkanes of at least 4 members (excludes halogenated alkanes) is 5. The Morgan fingerprint density at radius 2 is 1.70 bits per heavy atom. The molecule has 0 saturated heterocycles. The van der Waals surface area contributed by atoms with E-state index in [0.29, 0.717) is 11.6 Å². The quantitative estimate of drug-likeness (QED) is 0.152. The van der Waals surface area contributed by atoms with Crippen molar-refractivity contribution < 1.29 is 19.1 Å². The molecule has 2 aromatic rings. The first-order valence-corrected chi connectivity index (χ1v) is 11.6. The van der Waals surface area contributed by atoms with E-state index in [0.717, 1.165) is 49.7 Å². The zero-order valence-electron chi connectivity index (χ0n) is 19.7. The summed E-state index contributed by atoms with van der Waals surface area (Å²) >= 11 is 0. The first-order valence-electron chi connectivity index (χ1n) is 11.6. The number of esters is 2. The largest absolute Gasteiger partial charge is 0.463 e. The van der Waals surface area contributed by atoms with Gasteiger partial charge in [0.1, 0.15) is 0 Å². The van der Waals surface area contributed by atoms with Gasteiger partial charge in [-0.25, -0.2) is 14.8 Å². The van der Waals surface area contributed by atoms with E-state index in [-0.39, 0.29) is 12.1 Å². The molecule has 0 spiro atoms. The Kier molecular flexibility index (Phi) is 11.6. The zero-order chi connectivity index (χ0) is 23.9. The number of carbonyl (C=O) groups excluding carboxylic acids is 2. The average molecular weight is 451 g/mol. The fourth-order valence-electron chi connectivity index (χ4n) is 3.28. The third-order valence-electron chi connectivity index (χ3n) is 5.05. The second-order valence-corrected chi connectivity index (χ2v) is 8.00. The van der Waals surface area contributed by atoms with Gasteiger partial charge in [-0.3, -0.25) is 4.79 Å². The van der Waals surface area contributed by atoms with Crippen LogP contribution in [0.15, 0.2) is 61.5 Å². The number of hydrogen-bond acceptors (Lipinski definition) is 6. The third kappa shape index (κ3) is 10.7. The van der Waals surface area contributed by atoms with Crippen LogP contribution >= 0.6 is 0 Å². The van der Waals surface area contributed by atoms with Gasteiger partial charge in [-0.2, -0.15) is 0 Å². The molecule has 0 aliphatic rings. The van der Waals surface area contributed by atoms with Crippen LogP contribution in [0.25, 0.3) is 11.4 Å². The summed E-state index contributed by atoms with van der Waals surface area (Å²) in [5.41, 5.74) is 2.02. The van der Waals surface area contributed by atoms with Gasteiger partial charge in [0.2, 0.25) is 0 Å². The van der Waals surface area contributed by atoms with Crippen molar-refractivity contribution in [2.45, 2.75) is 71.3 Å². The van der Waals surface area contributed by atoms with Crippen molar-refractivity contribution in [2.75, 3.05) is 0 Å². The number of carbonyl (C=O) groups is 2. The first kappa shape index (κ1) is 26.0. The van der Waals surface area contributed by atoms with Crippen molar-refractivity contribution in [1.29, 1.82) is 0 Å². The van der Waals surface area contributed by atoms with Crippen LogP contribution in [0.1, 0.15) is 64.4 Å². The Bertz CT molecular complexity index is 905. The van der Waals surface area contributed by atoms with Crippen LogP contribution in [0, 0.1) is 0 Å². The third-order valence-corrected chi connectivity index (χ3v) is 5.05. The predicted molar refractivity (Wildman–Crippen MR) is 130 cm³/mol. The molecule has 176 valence electrons. The minimum atomic E-state index is -0.426. The van der Waals surface area contributed by atoms with Crippen LogP contribution in [-0.4, -0.2) is 28.0 Å². The van der Waals surface area contributed by atoms with Gasteiger partial charge in [0, 0.05) is 18.6 Å². The molecular formula is C27H34N2O4. The van der Waals surface area contributed by atoms with E-state index < -0.39 is 5.97 Å². The molecule has 1 heterocycles. The molecule has 33 heavy (non-hydrogen) atoms. The van der Waals surface area contributed by atoms with Crippen LogP contribution in [0.2, 0.25) is 0 Å². The van der Waals surface area contributed by atoms with Gasteiger partial charge in [-0.1, -0.05) is 49.3 Å². The van der Waals surface area contributed by atoms with Crippen molar-refractivity contribution in [2.24, 2.45) is 0 Å². The molecule has 6 nitrogen and oxygen atoms in total. The Hall–Kier alpha value is -3.28. The molecule has 1 unspecified atom stereocenters. The molecule has 6 heteroatoms. The van der Waals surface area contributed by atoms with Gasteiger partial charge < -0.3 is 9.47 Å². The average Bonchev–Trinajstić information content (AvgIpc) is 2.80. The summed E-state index contributed by atoms with van der Waals surface area (Å²) in [6.45, 7) is 7.03. The molecule has 0 bridgehead atoms. The Morgan fingerprint density at radius 1 is 1.03 bits per heavy atom. The van der Waals surface area contributed by atoms with Crippen molar-refractivity contribution in [3.8, 4) is 17.1 Å². The smallest absolute Gasteiger partial charge is 0.335 e. The van der Waals surface area contributed by atoms with E-state index in [1.807, 2.05) is 43.3 Å². The lowest BCUT2D eigenvalue weighted by atomic mass is 10.1. The summed E-state index contributed by atoms with van der Waals surface area (Å²) in [6.07, 6.45) is 16.2. The van der Waals surface area contributed by atoms with Gasteiger partial charge >= 0.3 is 11.9 Å². The summed E-state index contributed by atoms with van der Waals surface area (Å²) in [7, 11) is 0. The maximum Gasteiger partial charge on any atom is 0.335 e. The number of aromatic nitrogens is 2. The number of ether oxygens (including phenoxy) is 2. The van der Waals surface area contributed by atoms with Crippen molar-refractivity contribution in [3.05, 3.63) is 67.0 Å². The van der Waals surface area contributed by atoms with Crippen LogP contribution in [0.4, 0.5) is 0 Å². The fraction of sp³-hybridized carbons (Fsp3) is 0.407. The maximum atomic E-state index is 11.9. The standard InChI is InChI=1S/C27H34N2O4/c1-4-5-6-7-8-9-10-11-12-26(31)33-25-19-28-27(29-20-25)24-17-15-23(16-18-24)14-13-21(2)32-22(3)30/h4,11-12,15-21H,1,5-10,13-14H2,2-3H3. The number of benzene rings is 1. The normalized spacial score (nSPS) is 11.8. The molecule has 1 aromatic heterocycles. The molecule has 0 radical (unpaired) electrons. The molecule has 0 aliphatic carbocycles. The predicted octanol–water partition coefficient (Wildman–Crippen LogP) is 6.02. The molecule has 2 rings (SSSR count). The van der Waals surface area contributed by atoms with Gasteiger partial charge in [-0.05, 0) is 51.0 Å². The highest BCUT2D eigenvalue weighted by atomic mass is 16.5. The molecule has 1 atom stereocenters. The summed E-state index contributed by atoms with van der Waals surface area (Å²) in [6, 6.07) is 7.93. The molecular weight excluding hydrogens is 416 g/mol. The summed E-state index contributed by atoms with van der Waals surface area (Å²) in [4.78, 5) is 31.5. The Labute approximate surface area is 196 Å². The van der Waals surface area contributed by atoms with E-state index in [9.17, 15) is 9.59 Å². The van der Waals surface area contributed by atoms with Crippen LogP contribution in [0.3, 0.4) is 0 Å². The Morgan fingerprint density at radius 3 is 2.33 bits per heavy atom. The number of hydrogen-bond donors (Lipinski definition) is 0. The second kappa shape index (κ2) is 14.7. The summed E-state index contributed by atoms with van der Waals surface area (Å²) < 4.78 is 10.4. The number of nitrogens with zero attached hydrogens (tertiary/aromatic N) is 2. The molecule has 0 amide bonds. The number of rotatable bonds is 14. The number of allylic oxidation sites excluding steroid dienone is 2. The van der Waals surface area contributed by atoms with E-state index >= 15 is 0 Å².